The SMILES string of the molecule is Cc1ncc(C2CCCCC2)cc1CN. The average Bonchev–Trinajstić information content (AvgIpc) is 2.31. The van der Waals surface area contributed by atoms with E-state index in [1.54, 1.807) is 0 Å². The maximum absolute atomic E-state index is 5.71. The van der Waals surface area contributed by atoms with Gasteiger partial charge in [0, 0.05) is 18.4 Å². The molecule has 0 spiro atoms. The van der Waals surface area contributed by atoms with Crippen molar-refractivity contribution in [3.05, 3.63) is 29.1 Å². The van der Waals surface area contributed by atoms with Gasteiger partial charge in [-0.25, -0.2) is 0 Å². The fraction of sp³-hybridized carbons (Fsp3) is 0.615. The summed E-state index contributed by atoms with van der Waals surface area (Å²) in [6.07, 6.45) is 8.85. The van der Waals surface area contributed by atoms with Crippen molar-refractivity contribution in [3.63, 3.8) is 0 Å². The van der Waals surface area contributed by atoms with Crippen molar-refractivity contribution in [1.82, 2.24) is 4.98 Å². The molecule has 1 aromatic heterocycles. The molecule has 1 aromatic rings. The maximum atomic E-state index is 5.71. The lowest BCUT2D eigenvalue weighted by atomic mass is 9.84. The third-order valence-corrected chi connectivity index (χ3v) is 3.51. The van der Waals surface area contributed by atoms with Crippen molar-refractivity contribution in [3.8, 4) is 0 Å². The molecular weight excluding hydrogens is 184 g/mol. The van der Waals surface area contributed by atoms with Crippen LogP contribution in [0.2, 0.25) is 0 Å². The highest BCUT2D eigenvalue weighted by molar-refractivity contribution is 5.27. The van der Waals surface area contributed by atoms with Crippen LogP contribution in [0.25, 0.3) is 0 Å². The number of hydrogen-bond acceptors (Lipinski definition) is 2. The second kappa shape index (κ2) is 4.75. The number of nitrogens with two attached hydrogens (primary N) is 1. The van der Waals surface area contributed by atoms with Gasteiger partial charge in [0.05, 0.1) is 0 Å². The Morgan fingerprint density at radius 1 is 1.33 bits per heavy atom. The first kappa shape index (κ1) is 10.6. The second-order valence-corrected chi connectivity index (χ2v) is 4.55. The Labute approximate surface area is 91.9 Å². The summed E-state index contributed by atoms with van der Waals surface area (Å²) in [4.78, 5) is 4.45. The molecule has 1 aliphatic carbocycles. The van der Waals surface area contributed by atoms with Gasteiger partial charge in [-0.05, 0) is 36.8 Å². The molecule has 15 heavy (non-hydrogen) atoms. The standard InChI is InChI=1S/C13H20N2/c1-10-12(8-14)7-13(9-15-10)11-5-3-2-4-6-11/h7,9,11H,2-6,8,14H2,1H3. The van der Waals surface area contributed by atoms with Gasteiger partial charge in [-0.3, -0.25) is 4.98 Å². The van der Waals surface area contributed by atoms with Crippen LogP contribution in [0.4, 0.5) is 0 Å². The van der Waals surface area contributed by atoms with E-state index in [1.807, 2.05) is 13.1 Å². The van der Waals surface area contributed by atoms with Crippen molar-refractivity contribution in [2.75, 3.05) is 0 Å². The van der Waals surface area contributed by atoms with Crippen LogP contribution in [0, 0.1) is 6.92 Å². The van der Waals surface area contributed by atoms with E-state index in [0.717, 1.165) is 11.6 Å². The Balaban J connectivity index is 2.20. The molecule has 2 rings (SSSR count). The van der Waals surface area contributed by atoms with E-state index in [4.69, 9.17) is 5.73 Å². The summed E-state index contributed by atoms with van der Waals surface area (Å²) in [5.41, 5.74) is 9.40. The predicted octanol–water partition coefficient (Wildman–Crippen LogP) is 2.90. The molecule has 1 saturated carbocycles. The van der Waals surface area contributed by atoms with Gasteiger partial charge in [0.1, 0.15) is 0 Å². The van der Waals surface area contributed by atoms with E-state index in [1.165, 1.54) is 43.2 Å². The normalized spacial score (nSPS) is 18.0. The van der Waals surface area contributed by atoms with Crippen molar-refractivity contribution in [1.29, 1.82) is 0 Å². The molecule has 0 amide bonds. The lowest BCUT2D eigenvalue weighted by molar-refractivity contribution is 0.442. The zero-order valence-corrected chi connectivity index (χ0v) is 9.50. The van der Waals surface area contributed by atoms with Gasteiger partial charge in [0.2, 0.25) is 0 Å². The summed E-state index contributed by atoms with van der Waals surface area (Å²) >= 11 is 0. The van der Waals surface area contributed by atoms with E-state index >= 15 is 0 Å². The van der Waals surface area contributed by atoms with Crippen LogP contribution >= 0.6 is 0 Å². The first-order valence-corrected chi connectivity index (χ1v) is 5.96. The molecule has 1 aliphatic rings. The van der Waals surface area contributed by atoms with Gasteiger partial charge >= 0.3 is 0 Å². The van der Waals surface area contributed by atoms with Gasteiger partial charge in [0.15, 0.2) is 0 Å². The van der Waals surface area contributed by atoms with Crippen molar-refractivity contribution in [2.24, 2.45) is 5.73 Å². The molecule has 0 unspecified atom stereocenters. The minimum Gasteiger partial charge on any atom is -0.326 e. The largest absolute Gasteiger partial charge is 0.326 e. The number of nitrogens with zero attached hydrogens (tertiary/aromatic N) is 1. The number of hydrogen-bond donors (Lipinski definition) is 1. The predicted molar refractivity (Wildman–Crippen MR) is 62.7 cm³/mol. The first-order chi connectivity index (χ1) is 7.31. The molecule has 0 saturated heterocycles. The van der Waals surface area contributed by atoms with Crippen molar-refractivity contribution < 1.29 is 0 Å². The zero-order valence-electron chi connectivity index (χ0n) is 9.50. The maximum Gasteiger partial charge on any atom is 0.0417 e. The fourth-order valence-electron chi connectivity index (χ4n) is 2.46. The second-order valence-electron chi connectivity index (χ2n) is 4.55. The quantitative estimate of drug-likeness (QED) is 0.804. The lowest BCUT2D eigenvalue weighted by Crippen LogP contribution is -2.08. The van der Waals surface area contributed by atoms with E-state index in [0.29, 0.717) is 6.54 Å². The first-order valence-electron chi connectivity index (χ1n) is 5.96. The van der Waals surface area contributed by atoms with Crippen LogP contribution < -0.4 is 5.73 Å². The molecular formula is C13H20N2. The summed E-state index contributed by atoms with van der Waals surface area (Å²) in [6.45, 7) is 2.65. The van der Waals surface area contributed by atoms with Gasteiger partial charge < -0.3 is 5.73 Å². The van der Waals surface area contributed by atoms with Gasteiger partial charge in [-0.2, -0.15) is 0 Å². The third-order valence-electron chi connectivity index (χ3n) is 3.51. The van der Waals surface area contributed by atoms with Crippen LogP contribution in [0.5, 0.6) is 0 Å². The molecule has 2 heteroatoms. The Hall–Kier alpha value is -0.890. The number of rotatable bonds is 2. The van der Waals surface area contributed by atoms with Crippen LogP contribution in [0.1, 0.15) is 54.8 Å². The molecule has 2 N–H and O–H groups in total. The topological polar surface area (TPSA) is 38.9 Å². The van der Waals surface area contributed by atoms with Crippen LogP contribution in [-0.2, 0) is 6.54 Å². The van der Waals surface area contributed by atoms with Crippen LogP contribution in [-0.4, -0.2) is 4.98 Å². The smallest absolute Gasteiger partial charge is 0.0417 e. The molecule has 2 nitrogen and oxygen atoms in total. The zero-order chi connectivity index (χ0) is 10.7. The van der Waals surface area contributed by atoms with Gasteiger partial charge in [-0.15, -0.1) is 0 Å². The Morgan fingerprint density at radius 2 is 2.07 bits per heavy atom. The summed E-state index contributed by atoms with van der Waals surface area (Å²) < 4.78 is 0. The summed E-state index contributed by atoms with van der Waals surface area (Å²) in [5.74, 6) is 0.733. The fourth-order valence-corrected chi connectivity index (χ4v) is 2.46. The Morgan fingerprint density at radius 3 is 2.73 bits per heavy atom. The van der Waals surface area contributed by atoms with Gasteiger partial charge in [-0.1, -0.05) is 25.3 Å². The van der Waals surface area contributed by atoms with E-state index in [2.05, 4.69) is 11.1 Å². The van der Waals surface area contributed by atoms with Crippen LogP contribution in [0.3, 0.4) is 0 Å². The number of pyridine rings is 1. The van der Waals surface area contributed by atoms with E-state index in [-0.39, 0.29) is 0 Å². The Kier molecular flexibility index (Phi) is 3.37. The van der Waals surface area contributed by atoms with Crippen LogP contribution in [0.15, 0.2) is 12.3 Å². The third kappa shape index (κ3) is 2.37. The van der Waals surface area contributed by atoms with Gasteiger partial charge in [0.25, 0.3) is 0 Å². The number of aryl methyl sites for hydroxylation is 1. The van der Waals surface area contributed by atoms with E-state index < -0.39 is 0 Å². The summed E-state index contributed by atoms with van der Waals surface area (Å²) in [6, 6.07) is 2.26. The molecule has 0 aliphatic heterocycles. The molecule has 0 aromatic carbocycles. The minimum atomic E-state index is 0.611. The molecule has 1 heterocycles. The number of aromatic nitrogens is 1. The lowest BCUT2D eigenvalue weighted by Gasteiger charge is -2.22. The summed E-state index contributed by atoms with van der Waals surface area (Å²) in [7, 11) is 0. The molecule has 0 atom stereocenters. The molecule has 82 valence electrons. The highest BCUT2D eigenvalue weighted by Gasteiger charge is 2.16. The van der Waals surface area contributed by atoms with Crippen molar-refractivity contribution in [2.45, 2.75) is 51.5 Å². The highest BCUT2D eigenvalue weighted by Crippen LogP contribution is 2.32. The summed E-state index contributed by atoms with van der Waals surface area (Å²) in [5, 5.41) is 0. The highest BCUT2D eigenvalue weighted by atomic mass is 14.7. The average molecular weight is 204 g/mol. The Bertz CT molecular complexity index is 327. The van der Waals surface area contributed by atoms with Crippen molar-refractivity contribution >= 4 is 0 Å². The van der Waals surface area contributed by atoms with E-state index in [9.17, 15) is 0 Å². The molecule has 1 fully saturated rings. The molecule has 0 radical (unpaired) electrons. The monoisotopic (exact) mass is 204 g/mol. The minimum absolute atomic E-state index is 0.611. The molecule has 0 bridgehead atoms.